The van der Waals surface area contributed by atoms with Gasteiger partial charge in [0.1, 0.15) is 11.4 Å². The second-order valence-corrected chi connectivity index (χ2v) is 8.91. The number of carbonyl (C=O) groups is 3. The van der Waals surface area contributed by atoms with Gasteiger partial charge in [-0.1, -0.05) is 25.1 Å². The van der Waals surface area contributed by atoms with Gasteiger partial charge in [-0.25, -0.2) is 9.18 Å². The summed E-state index contributed by atoms with van der Waals surface area (Å²) in [7, 11) is 0. The summed E-state index contributed by atoms with van der Waals surface area (Å²) in [5, 5.41) is 2.99. The Balaban J connectivity index is 1.33. The number of benzene rings is 1. The molecule has 3 fully saturated rings. The maximum Gasteiger partial charge on any atom is 0.325 e. The Morgan fingerprint density at radius 3 is 2.45 bits per heavy atom. The molecule has 3 aliphatic heterocycles. The van der Waals surface area contributed by atoms with Crippen molar-refractivity contribution in [2.45, 2.75) is 57.0 Å². The number of hydrogen-bond acceptors (Lipinski definition) is 4. The van der Waals surface area contributed by atoms with E-state index in [1.165, 1.54) is 11.0 Å². The van der Waals surface area contributed by atoms with Crippen LogP contribution >= 0.6 is 0 Å². The first-order valence-electron chi connectivity index (χ1n) is 11.3. The smallest absolute Gasteiger partial charge is 0.325 e. The number of nitrogens with one attached hydrogen (secondary N) is 1. The van der Waals surface area contributed by atoms with E-state index in [4.69, 9.17) is 0 Å². The number of piperidine rings is 2. The van der Waals surface area contributed by atoms with Crippen molar-refractivity contribution in [1.29, 1.82) is 0 Å². The highest BCUT2D eigenvalue weighted by Crippen LogP contribution is 2.32. The molecule has 4 rings (SSSR count). The Hall–Kier alpha value is -2.48. The summed E-state index contributed by atoms with van der Waals surface area (Å²) in [5.41, 5.74) is -0.376. The Kier molecular flexibility index (Phi) is 6.27. The van der Waals surface area contributed by atoms with Gasteiger partial charge in [0.05, 0.1) is 6.42 Å². The van der Waals surface area contributed by atoms with Crippen LogP contribution in [-0.4, -0.2) is 76.8 Å². The number of rotatable bonds is 5. The van der Waals surface area contributed by atoms with Crippen molar-refractivity contribution < 1.29 is 18.8 Å². The van der Waals surface area contributed by atoms with Gasteiger partial charge < -0.3 is 15.1 Å². The lowest BCUT2D eigenvalue weighted by atomic mass is 9.87. The average Bonchev–Trinajstić information content (AvgIpc) is 3.01. The zero-order chi connectivity index (χ0) is 22.0. The number of urea groups is 1. The molecule has 1 spiro atoms. The van der Waals surface area contributed by atoms with E-state index >= 15 is 0 Å². The maximum atomic E-state index is 13.8. The largest absolute Gasteiger partial charge is 0.342 e. The van der Waals surface area contributed by atoms with Crippen LogP contribution in [0.1, 0.15) is 44.6 Å². The number of likely N-dealkylation sites (tertiary alicyclic amines) is 2. The Morgan fingerprint density at radius 1 is 1.13 bits per heavy atom. The molecule has 0 aliphatic carbocycles. The zero-order valence-corrected chi connectivity index (χ0v) is 18.1. The number of carbonyl (C=O) groups excluding carboxylic acids is 3. The molecule has 7 nitrogen and oxygen atoms in total. The van der Waals surface area contributed by atoms with Crippen LogP contribution in [0.2, 0.25) is 0 Å². The molecule has 3 saturated heterocycles. The highest BCUT2D eigenvalue weighted by atomic mass is 19.1. The summed E-state index contributed by atoms with van der Waals surface area (Å²) in [6, 6.07) is 5.81. The lowest BCUT2D eigenvalue weighted by Gasteiger charge is -2.38. The van der Waals surface area contributed by atoms with Gasteiger partial charge in [-0.2, -0.15) is 0 Å². The highest BCUT2D eigenvalue weighted by molar-refractivity contribution is 6.07. The molecule has 31 heavy (non-hydrogen) atoms. The fourth-order valence-corrected chi connectivity index (χ4v) is 5.08. The van der Waals surface area contributed by atoms with Crippen molar-refractivity contribution in [3.05, 3.63) is 35.6 Å². The number of hydrogen-bond donors (Lipinski definition) is 1. The summed E-state index contributed by atoms with van der Waals surface area (Å²) < 4.78 is 13.8. The quantitative estimate of drug-likeness (QED) is 0.727. The highest BCUT2D eigenvalue weighted by Gasteiger charge is 2.54. The molecule has 0 aromatic heterocycles. The molecule has 0 atom stereocenters. The molecule has 3 heterocycles. The van der Waals surface area contributed by atoms with E-state index < -0.39 is 5.54 Å². The SMILES string of the molecule is CCCN1CCC2(CC1)NC(=O)N(C1CCN(C(=O)Cc3ccccc3F)CC1)C2=O. The van der Waals surface area contributed by atoms with E-state index in [0.717, 1.165) is 26.1 Å². The molecule has 0 radical (unpaired) electrons. The molecular weight excluding hydrogens is 399 g/mol. The minimum atomic E-state index is -0.765. The molecule has 1 aromatic carbocycles. The van der Waals surface area contributed by atoms with Gasteiger partial charge in [-0.05, 0) is 50.3 Å². The Morgan fingerprint density at radius 2 is 1.81 bits per heavy atom. The van der Waals surface area contributed by atoms with Crippen LogP contribution < -0.4 is 5.32 Å². The molecular formula is C23H31FN4O3. The monoisotopic (exact) mass is 430 g/mol. The van der Waals surface area contributed by atoms with E-state index in [1.54, 1.807) is 23.1 Å². The fourth-order valence-electron chi connectivity index (χ4n) is 5.08. The van der Waals surface area contributed by atoms with E-state index in [1.807, 2.05) is 0 Å². The lowest BCUT2D eigenvalue weighted by molar-refractivity contribution is -0.136. The van der Waals surface area contributed by atoms with Gasteiger partial charge in [-0.3, -0.25) is 14.5 Å². The second-order valence-electron chi connectivity index (χ2n) is 8.91. The van der Waals surface area contributed by atoms with Gasteiger partial charge in [0.25, 0.3) is 5.91 Å². The molecule has 4 amide bonds. The average molecular weight is 431 g/mol. The van der Waals surface area contributed by atoms with Crippen LogP contribution in [0.5, 0.6) is 0 Å². The molecule has 0 saturated carbocycles. The number of nitrogens with zero attached hydrogens (tertiary/aromatic N) is 3. The molecule has 0 unspecified atom stereocenters. The topological polar surface area (TPSA) is 73.0 Å². The molecule has 3 aliphatic rings. The van der Waals surface area contributed by atoms with Crippen molar-refractivity contribution in [1.82, 2.24) is 20.0 Å². The van der Waals surface area contributed by atoms with Crippen molar-refractivity contribution in [3.63, 3.8) is 0 Å². The number of amides is 4. The molecule has 1 aromatic rings. The van der Waals surface area contributed by atoms with Crippen LogP contribution in [0, 0.1) is 5.82 Å². The van der Waals surface area contributed by atoms with E-state index in [0.29, 0.717) is 44.3 Å². The van der Waals surface area contributed by atoms with Crippen molar-refractivity contribution in [2.75, 3.05) is 32.7 Å². The number of halogens is 1. The summed E-state index contributed by atoms with van der Waals surface area (Å²) in [4.78, 5) is 44.0. The van der Waals surface area contributed by atoms with Crippen molar-refractivity contribution in [3.8, 4) is 0 Å². The molecule has 1 N–H and O–H groups in total. The van der Waals surface area contributed by atoms with Gasteiger partial charge >= 0.3 is 6.03 Å². The van der Waals surface area contributed by atoms with Crippen LogP contribution in [-0.2, 0) is 16.0 Å². The molecule has 168 valence electrons. The van der Waals surface area contributed by atoms with Crippen LogP contribution in [0.4, 0.5) is 9.18 Å². The lowest BCUT2D eigenvalue weighted by Crippen LogP contribution is -2.55. The van der Waals surface area contributed by atoms with E-state index in [9.17, 15) is 18.8 Å². The standard InChI is InChI=1S/C23H31FN4O3/c1-2-11-26-14-9-23(10-15-26)21(30)28(22(31)25-23)18-7-12-27(13-8-18)20(29)16-17-5-3-4-6-19(17)24/h3-6,18H,2,7-16H2,1H3,(H,25,31). The van der Waals surface area contributed by atoms with Crippen LogP contribution in [0.15, 0.2) is 24.3 Å². The van der Waals surface area contributed by atoms with Gasteiger partial charge in [0.2, 0.25) is 5.91 Å². The molecule has 0 bridgehead atoms. The zero-order valence-electron chi connectivity index (χ0n) is 18.1. The summed E-state index contributed by atoms with van der Waals surface area (Å²) >= 11 is 0. The van der Waals surface area contributed by atoms with E-state index in [-0.39, 0.29) is 36.1 Å². The third-order valence-corrected chi connectivity index (χ3v) is 6.92. The number of imide groups is 1. The summed E-state index contributed by atoms with van der Waals surface area (Å²) in [5.74, 6) is -0.606. The first-order chi connectivity index (χ1) is 14.9. The molecule has 8 heteroatoms. The van der Waals surface area contributed by atoms with Crippen molar-refractivity contribution in [2.24, 2.45) is 0 Å². The Labute approximate surface area is 182 Å². The van der Waals surface area contributed by atoms with E-state index in [2.05, 4.69) is 17.1 Å². The summed E-state index contributed by atoms with van der Waals surface area (Å²) in [6.07, 6.45) is 3.51. The summed E-state index contributed by atoms with van der Waals surface area (Å²) in [6.45, 7) is 5.72. The third kappa shape index (κ3) is 4.31. The predicted molar refractivity (Wildman–Crippen MR) is 114 cm³/mol. The minimum Gasteiger partial charge on any atom is -0.342 e. The maximum absolute atomic E-state index is 13.8. The first kappa shape index (κ1) is 21.7. The fraction of sp³-hybridized carbons (Fsp3) is 0.609. The predicted octanol–water partition coefficient (Wildman–Crippen LogP) is 2.16. The van der Waals surface area contributed by atoms with Crippen molar-refractivity contribution >= 4 is 17.8 Å². The van der Waals surface area contributed by atoms with Gasteiger partial charge in [0.15, 0.2) is 0 Å². The van der Waals surface area contributed by atoms with Gasteiger partial charge in [-0.15, -0.1) is 0 Å². The van der Waals surface area contributed by atoms with Crippen LogP contribution in [0.25, 0.3) is 0 Å². The normalized spacial score (nSPS) is 22.3. The third-order valence-electron chi connectivity index (χ3n) is 6.92. The second kappa shape index (κ2) is 8.94. The van der Waals surface area contributed by atoms with Crippen LogP contribution in [0.3, 0.4) is 0 Å². The van der Waals surface area contributed by atoms with Gasteiger partial charge in [0, 0.05) is 32.2 Å². The minimum absolute atomic E-state index is 0.0256. The first-order valence-corrected chi connectivity index (χ1v) is 11.3. The Bertz CT molecular complexity index is 845.